The van der Waals surface area contributed by atoms with Crippen molar-refractivity contribution in [1.29, 1.82) is 0 Å². The summed E-state index contributed by atoms with van der Waals surface area (Å²) in [5.74, 6) is 0.641. The van der Waals surface area contributed by atoms with Crippen LogP contribution in [0.1, 0.15) is 49.8 Å². The van der Waals surface area contributed by atoms with Crippen LogP contribution in [0.25, 0.3) is 0 Å². The molecule has 2 heteroatoms. The van der Waals surface area contributed by atoms with Crippen LogP contribution in [0.15, 0.2) is 60.7 Å². The summed E-state index contributed by atoms with van der Waals surface area (Å²) in [4.78, 5) is 0. The van der Waals surface area contributed by atoms with Crippen molar-refractivity contribution in [3.05, 3.63) is 71.8 Å². The first-order chi connectivity index (χ1) is 11.2. The highest BCUT2D eigenvalue weighted by molar-refractivity contribution is 5.31. The molecule has 1 fully saturated rings. The number of benzene rings is 2. The van der Waals surface area contributed by atoms with Crippen molar-refractivity contribution in [3.8, 4) is 0 Å². The molecule has 23 heavy (non-hydrogen) atoms. The number of nitrogens with one attached hydrogen (secondary N) is 1. The molecule has 0 aromatic heterocycles. The van der Waals surface area contributed by atoms with Crippen LogP contribution in [0.2, 0.25) is 0 Å². The standard InChI is InChI=1S/C21H28N2/c1-21(22,19-14-8-9-15-19)16-23-20(17-10-4-2-5-11-17)18-12-6-3-7-13-18/h2-7,10-13,19-20,23H,8-9,14-16,22H2,1H3/t21-/m0/s1. The molecule has 2 nitrogen and oxygen atoms in total. The number of hydrogen-bond donors (Lipinski definition) is 2. The van der Waals surface area contributed by atoms with Crippen molar-refractivity contribution >= 4 is 0 Å². The van der Waals surface area contributed by atoms with Crippen LogP contribution in [0, 0.1) is 5.92 Å². The van der Waals surface area contributed by atoms with Crippen LogP contribution in [0.3, 0.4) is 0 Å². The fourth-order valence-electron chi connectivity index (χ4n) is 3.77. The quantitative estimate of drug-likeness (QED) is 0.836. The summed E-state index contributed by atoms with van der Waals surface area (Å²) in [7, 11) is 0. The van der Waals surface area contributed by atoms with E-state index in [1.807, 2.05) is 0 Å². The van der Waals surface area contributed by atoms with Crippen LogP contribution in [0.5, 0.6) is 0 Å². The van der Waals surface area contributed by atoms with Gasteiger partial charge >= 0.3 is 0 Å². The lowest BCUT2D eigenvalue weighted by atomic mass is 9.84. The molecule has 0 aliphatic heterocycles. The molecule has 0 amide bonds. The second-order valence-corrected chi connectivity index (χ2v) is 7.12. The van der Waals surface area contributed by atoms with Gasteiger partial charge < -0.3 is 11.1 Å². The van der Waals surface area contributed by atoms with Gasteiger partial charge in [-0.25, -0.2) is 0 Å². The average molecular weight is 308 g/mol. The maximum Gasteiger partial charge on any atom is 0.0577 e. The van der Waals surface area contributed by atoms with Crippen LogP contribution >= 0.6 is 0 Å². The van der Waals surface area contributed by atoms with Gasteiger partial charge in [-0.05, 0) is 36.8 Å². The first kappa shape index (κ1) is 16.2. The van der Waals surface area contributed by atoms with Gasteiger partial charge in [0.1, 0.15) is 0 Å². The lowest BCUT2D eigenvalue weighted by Gasteiger charge is -2.34. The Balaban J connectivity index is 1.77. The van der Waals surface area contributed by atoms with Crippen molar-refractivity contribution in [2.45, 2.75) is 44.2 Å². The van der Waals surface area contributed by atoms with E-state index in [4.69, 9.17) is 5.73 Å². The topological polar surface area (TPSA) is 38.0 Å². The molecular weight excluding hydrogens is 280 g/mol. The summed E-state index contributed by atoms with van der Waals surface area (Å²) in [6.45, 7) is 3.05. The lowest BCUT2D eigenvalue weighted by molar-refractivity contribution is 0.281. The average Bonchev–Trinajstić information content (AvgIpc) is 3.12. The monoisotopic (exact) mass is 308 g/mol. The molecule has 0 bridgehead atoms. The molecule has 1 atom stereocenters. The first-order valence-corrected chi connectivity index (χ1v) is 8.79. The second kappa shape index (κ2) is 7.29. The molecule has 1 aliphatic carbocycles. The van der Waals surface area contributed by atoms with Gasteiger partial charge in [-0.3, -0.25) is 0 Å². The SMILES string of the molecule is C[C@](N)(CNC(c1ccccc1)c1ccccc1)C1CCCC1. The first-order valence-electron chi connectivity index (χ1n) is 8.79. The Morgan fingerprint density at radius 3 is 1.91 bits per heavy atom. The van der Waals surface area contributed by atoms with E-state index < -0.39 is 0 Å². The predicted octanol–water partition coefficient (Wildman–Crippen LogP) is 4.27. The van der Waals surface area contributed by atoms with Crippen molar-refractivity contribution in [2.75, 3.05) is 6.54 Å². The molecule has 3 N–H and O–H groups in total. The molecule has 0 spiro atoms. The maximum atomic E-state index is 6.66. The van der Waals surface area contributed by atoms with E-state index in [0.29, 0.717) is 5.92 Å². The van der Waals surface area contributed by atoms with Crippen LogP contribution in [-0.2, 0) is 0 Å². The predicted molar refractivity (Wildman–Crippen MR) is 97.3 cm³/mol. The summed E-state index contributed by atoms with van der Waals surface area (Å²) >= 11 is 0. The molecule has 0 unspecified atom stereocenters. The zero-order chi connectivity index (χ0) is 16.1. The van der Waals surface area contributed by atoms with E-state index in [1.165, 1.54) is 36.8 Å². The molecule has 0 saturated heterocycles. The normalized spacial score (nSPS) is 18.2. The van der Waals surface area contributed by atoms with Crippen molar-refractivity contribution < 1.29 is 0 Å². The molecule has 3 rings (SSSR count). The van der Waals surface area contributed by atoms with Gasteiger partial charge in [0.25, 0.3) is 0 Å². The second-order valence-electron chi connectivity index (χ2n) is 7.12. The minimum Gasteiger partial charge on any atom is -0.324 e. The van der Waals surface area contributed by atoms with E-state index in [0.717, 1.165) is 6.54 Å². The molecule has 0 radical (unpaired) electrons. The summed E-state index contributed by atoms with van der Waals surface area (Å²) in [5, 5.41) is 3.74. The molecule has 0 heterocycles. The Morgan fingerprint density at radius 2 is 1.43 bits per heavy atom. The Morgan fingerprint density at radius 1 is 0.957 bits per heavy atom. The van der Waals surface area contributed by atoms with Crippen LogP contribution in [-0.4, -0.2) is 12.1 Å². The van der Waals surface area contributed by atoms with Gasteiger partial charge in [0.2, 0.25) is 0 Å². The van der Waals surface area contributed by atoms with Gasteiger partial charge in [0, 0.05) is 12.1 Å². The van der Waals surface area contributed by atoms with Crippen molar-refractivity contribution in [3.63, 3.8) is 0 Å². The third-order valence-electron chi connectivity index (χ3n) is 5.24. The third-order valence-corrected chi connectivity index (χ3v) is 5.24. The molecular formula is C21H28N2. The number of rotatable bonds is 6. The molecule has 2 aromatic rings. The molecule has 2 aromatic carbocycles. The molecule has 122 valence electrons. The Hall–Kier alpha value is -1.64. The fourth-order valence-corrected chi connectivity index (χ4v) is 3.77. The highest BCUT2D eigenvalue weighted by Gasteiger charge is 2.32. The van der Waals surface area contributed by atoms with E-state index in [-0.39, 0.29) is 11.6 Å². The minimum absolute atomic E-state index is 0.141. The van der Waals surface area contributed by atoms with Crippen LogP contribution in [0.4, 0.5) is 0 Å². The summed E-state index contributed by atoms with van der Waals surface area (Å²) < 4.78 is 0. The highest BCUT2D eigenvalue weighted by Crippen LogP contribution is 2.33. The lowest BCUT2D eigenvalue weighted by Crippen LogP contribution is -2.52. The van der Waals surface area contributed by atoms with E-state index in [9.17, 15) is 0 Å². The Kier molecular flexibility index (Phi) is 5.14. The zero-order valence-corrected chi connectivity index (χ0v) is 14.0. The summed E-state index contributed by atoms with van der Waals surface area (Å²) in [6.07, 6.45) is 5.21. The number of nitrogens with two attached hydrogens (primary N) is 1. The third kappa shape index (κ3) is 4.01. The van der Waals surface area contributed by atoms with Gasteiger partial charge in [0.15, 0.2) is 0 Å². The summed E-state index contributed by atoms with van der Waals surface area (Å²) in [6, 6.07) is 21.5. The number of hydrogen-bond acceptors (Lipinski definition) is 2. The van der Waals surface area contributed by atoms with Crippen LogP contribution < -0.4 is 11.1 Å². The Labute approximate surface area is 140 Å². The zero-order valence-electron chi connectivity index (χ0n) is 14.0. The van der Waals surface area contributed by atoms with E-state index in [2.05, 4.69) is 72.9 Å². The highest BCUT2D eigenvalue weighted by atomic mass is 15.0. The van der Waals surface area contributed by atoms with Gasteiger partial charge in [-0.2, -0.15) is 0 Å². The van der Waals surface area contributed by atoms with Gasteiger partial charge in [0.05, 0.1) is 6.04 Å². The molecule has 1 saturated carbocycles. The molecule has 1 aliphatic rings. The van der Waals surface area contributed by atoms with E-state index >= 15 is 0 Å². The van der Waals surface area contributed by atoms with E-state index in [1.54, 1.807) is 0 Å². The van der Waals surface area contributed by atoms with Gasteiger partial charge in [-0.15, -0.1) is 0 Å². The fraction of sp³-hybridized carbons (Fsp3) is 0.429. The van der Waals surface area contributed by atoms with Gasteiger partial charge in [-0.1, -0.05) is 73.5 Å². The Bertz CT molecular complexity index is 546. The smallest absolute Gasteiger partial charge is 0.0577 e. The largest absolute Gasteiger partial charge is 0.324 e. The summed E-state index contributed by atoms with van der Waals surface area (Å²) in [5.41, 5.74) is 9.11. The maximum absolute atomic E-state index is 6.66. The van der Waals surface area contributed by atoms with Crippen molar-refractivity contribution in [1.82, 2.24) is 5.32 Å². The van der Waals surface area contributed by atoms with Crippen molar-refractivity contribution in [2.24, 2.45) is 11.7 Å². The minimum atomic E-state index is -0.141.